The third-order valence-corrected chi connectivity index (χ3v) is 5.99. The van der Waals surface area contributed by atoms with Gasteiger partial charge in [0.15, 0.2) is 16.6 Å². The molecule has 6 nitrogen and oxygen atoms in total. The van der Waals surface area contributed by atoms with Gasteiger partial charge in [-0.2, -0.15) is 0 Å². The summed E-state index contributed by atoms with van der Waals surface area (Å²) in [6.45, 7) is 0.333. The molecule has 1 saturated heterocycles. The van der Waals surface area contributed by atoms with Crippen LogP contribution < -0.4 is 19.7 Å². The van der Waals surface area contributed by atoms with E-state index in [1.54, 1.807) is 18.2 Å². The van der Waals surface area contributed by atoms with E-state index in [9.17, 15) is 14.0 Å². The van der Waals surface area contributed by atoms with Gasteiger partial charge >= 0.3 is 0 Å². The molecule has 0 radical (unpaired) electrons. The summed E-state index contributed by atoms with van der Waals surface area (Å²) < 4.78 is 26.3. The van der Waals surface area contributed by atoms with Gasteiger partial charge in [-0.05, 0) is 53.7 Å². The second-order valence-electron chi connectivity index (χ2n) is 7.21. The molecule has 3 aromatic carbocycles. The maximum atomic E-state index is 14.4. The first-order chi connectivity index (χ1) is 16.4. The Bertz CT molecular complexity index is 1310. The van der Waals surface area contributed by atoms with Gasteiger partial charge in [-0.1, -0.05) is 58.4 Å². The Morgan fingerprint density at radius 1 is 1.06 bits per heavy atom. The van der Waals surface area contributed by atoms with Crippen molar-refractivity contribution in [3.63, 3.8) is 0 Å². The van der Waals surface area contributed by atoms with Crippen molar-refractivity contribution < 1.29 is 23.5 Å². The summed E-state index contributed by atoms with van der Waals surface area (Å²) in [7, 11) is 1.49. The van der Waals surface area contributed by atoms with Gasteiger partial charge < -0.3 is 9.47 Å². The topological polar surface area (TPSA) is 67.9 Å². The van der Waals surface area contributed by atoms with Gasteiger partial charge in [-0.3, -0.25) is 14.9 Å². The maximum absolute atomic E-state index is 14.4. The number of methoxy groups -OCH3 is 1. The average Bonchev–Trinajstić information content (AvgIpc) is 2.83. The summed E-state index contributed by atoms with van der Waals surface area (Å²) >= 11 is 8.59. The predicted molar refractivity (Wildman–Crippen MR) is 134 cm³/mol. The second kappa shape index (κ2) is 10.1. The first-order valence-corrected chi connectivity index (χ1v) is 11.3. The van der Waals surface area contributed by atoms with E-state index >= 15 is 0 Å². The molecule has 0 unspecified atom stereocenters. The van der Waals surface area contributed by atoms with Gasteiger partial charge in [-0.15, -0.1) is 0 Å². The molecule has 1 N–H and O–H groups in total. The number of anilines is 1. The fraction of sp³-hybridized carbons (Fsp3) is 0.0800. The number of nitrogens with one attached hydrogen (secondary N) is 1. The Morgan fingerprint density at radius 2 is 1.76 bits per heavy atom. The molecule has 0 aliphatic carbocycles. The van der Waals surface area contributed by atoms with Crippen molar-refractivity contribution >= 4 is 56.8 Å². The highest BCUT2D eigenvalue weighted by Gasteiger charge is 2.35. The van der Waals surface area contributed by atoms with Crippen molar-refractivity contribution in [2.75, 3.05) is 12.0 Å². The Hall–Kier alpha value is -3.56. The SMILES string of the molecule is COc1cc(/C=C2\C(=O)NC(=S)N(c3ccccc3F)C2=O)c(Br)cc1OCc1ccccc1. The van der Waals surface area contributed by atoms with Gasteiger partial charge in [0.2, 0.25) is 0 Å². The lowest BCUT2D eigenvalue weighted by Gasteiger charge is -2.29. The van der Waals surface area contributed by atoms with Crippen LogP contribution in [0.4, 0.5) is 10.1 Å². The molecule has 0 spiro atoms. The Kier molecular flexibility index (Phi) is 7.04. The fourth-order valence-corrected chi connectivity index (χ4v) is 4.04. The Morgan fingerprint density at radius 3 is 2.47 bits per heavy atom. The molecule has 1 aliphatic heterocycles. The molecular formula is C25H18BrFN2O4S. The minimum absolute atomic E-state index is 0.0512. The summed E-state index contributed by atoms with van der Waals surface area (Å²) in [6, 6.07) is 18.7. The first-order valence-electron chi connectivity index (χ1n) is 10.1. The normalized spacial score (nSPS) is 14.9. The molecule has 1 aliphatic rings. The lowest BCUT2D eigenvalue weighted by atomic mass is 10.1. The maximum Gasteiger partial charge on any atom is 0.270 e. The van der Waals surface area contributed by atoms with Crippen molar-refractivity contribution in [2.45, 2.75) is 6.61 Å². The van der Waals surface area contributed by atoms with E-state index in [1.165, 1.54) is 31.4 Å². The Labute approximate surface area is 209 Å². The van der Waals surface area contributed by atoms with Crippen LogP contribution in [0.25, 0.3) is 6.08 Å². The summed E-state index contributed by atoms with van der Waals surface area (Å²) in [5.41, 5.74) is 1.21. The number of amides is 2. The summed E-state index contributed by atoms with van der Waals surface area (Å²) in [5.74, 6) is -1.17. The van der Waals surface area contributed by atoms with E-state index in [-0.39, 0.29) is 16.4 Å². The minimum atomic E-state index is -0.742. The van der Waals surface area contributed by atoms with Crippen molar-refractivity contribution in [2.24, 2.45) is 0 Å². The largest absolute Gasteiger partial charge is 0.493 e. The smallest absolute Gasteiger partial charge is 0.270 e. The van der Waals surface area contributed by atoms with Crippen LogP contribution in [0.15, 0.2) is 76.8 Å². The highest BCUT2D eigenvalue weighted by molar-refractivity contribution is 9.10. The third-order valence-electron chi connectivity index (χ3n) is 5.01. The summed E-state index contributed by atoms with van der Waals surface area (Å²) in [5, 5.41) is 2.25. The molecule has 0 bridgehead atoms. The van der Waals surface area contributed by atoms with Crippen LogP contribution in [0.2, 0.25) is 0 Å². The van der Waals surface area contributed by atoms with E-state index in [2.05, 4.69) is 21.2 Å². The number of carbonyl (C=O) groups is 2. The summed E-state index contributed by atoms with van der Waals surface area (Å²) in [4.78, 5) is 26.7. The van der Waals surface area contributed by atoms with Crippen LogP contribution in [-0.2, 0) is 16.2 Å². The number of para-hydroxylation sites is 1. The van der Waals surface area contributed by atoms with Crippen LogP contribution in [0.3, 0.4) is 0 Å². The monoisotopic (exact) mass is 540 g/mol. The second-order valence-corrected chi connectivity index (χ2v) is 8.45. The number of halogens is 2. The van der Waals surface area contributed by atoms with E-state index in [1.807, 2.05) is 30.3 Å². The van der Waals surface area contributed by atoms with Crippen LogP contribution in [0.1, 0.15) is 11.1 Å². The number of nitrogens with zero attached hydrogens (tertiary/aromatic N) is 1. The number of benzene rings is 3. The zero-order valence-electron chi connectivity index (χ0n) is 17.9. The third kappa shape index (κ3) is 4.85. The van der Waals surface area contributed by atoms with Crippen molar-refractivity contribution in [3.05, 3.63) is 93.7 Å². The summed E-state index contributed by atoms with van der Waals surface area (Å²) in [6.07, 6.45) is 1.39. The van der Waals surface area contributed by atoms with E-state index in [0.29, 0.717) is 28.1 Å². The molecule has 0 saturated carbocycles. The zero-order chi connectivity index (χ0) is 24.2. The quantitative estimate of drug-likeness (QED) is 0.270. The highest BCUT2D eigenvalue weighted by Crippen LogP contribution is 2.36. The molecule has 2 amide bonds. The number of hydrogen-bond acceptors (Lipinski definition) is 5. The van der Waals surface area contributed by atoms with Gasteiger partial charge in [0.05, 0.1) is 12.8 Å². The number of rotatable bonds is 6. The van der Waals surface area contributed by atoms with Crippen LogP contribution in [-0.4, -0.2) is 24.0 Å². The average molecular weight is 541 g/mol. The van der Waals surface area contributed by atoms with Crippen molar-refractivity contribution in [1.82, 2.24) is 5.32 Å². The predicted octanol–water partition coefficient (Wildman–Crippen LogP) is 5.01. The molecule has 34 heavy (non-hydrogen) atoms. The number of carbonyl (C=O) groups excluding carboxylic acids is 2. The van der Waals surface area contributed by atoms with E-state index < -0.39 is 17.6 Å². The number of hydrogen-bond donors (Lipinski definition) is 1. The molecule has 1 heterocycles. The van der Waals surface area contributed by atoms with Crippen molar-refractivity contribution in [3.8, 4) is 11.5 Å². The zero-order valence-corrected chi connectivity index (χ0v) is 20.3. The first kappa shape index (κ1) is 23.6. The van der Waals surface area contributed by atoms with Crippen LogP contribution in [0, 0.1) is 5.82 Å². The molecule has 172 valence electrons. The standard InChI is InChI=1S/C25H18BrFN2O4S/c1-32-21-12-16(18(26)13-22(21)33-14-15-7-3-2-4-8-15)11-17-23(30)28-25(34)29(24(17)31)20-10-6-5-9-19(20)27/h2-13H,14H2,1H3,(H,28,30,34)/b17-11+. The lowest BCUT2D eigenvalue weighted by molar-refractivity contribution is -0.122. The lowest BCUT2D eigenvalue weighted by Crippen LogP contribution is -2.54. The molecule has 3 aromatic rings. The number of thiocarbonyl (C=S) groups is 1. The van der Waals surface area contributed by atoms with Gasteiger partial charge in [0.1, 0.15) is 18.0 Å². The van der Waals surface area contributed by atoms with Gasteiger partial charge in [0, 0.05) is 4.47 Å². The van der Waals surface area contributed by atoms with Gasteiger partial charge in [0.25, 0.3) is 11.8 Å². The van der Waals surface area contributed by atoms with E-state index in [4.69, 9.17) is 21.7 Å². The highest BCUT2D eigenvalue weighted by atomic mass is 79.9. The van der Waals surface area contributed by atoms with Gasteiger partial charge in [-0.25, -0.2) is 9.29 Å². The molecule has 0 atom stereocenters. The minimum Gasteiger partial charge on any atom is -0.493 e. The molecule has 9 heteroatoms. The fourth-order valence-electron chi connectivity index (χ4n) is 3.33. The molecule has 0 aromatic heterocycles. The molecular weight excluding hydrogens is 523 g/mol. The van der Waals surface area contributed by atoms with Crippen LogP contribution >= 0.6 is 28.1 Å². The molecule has 4 rings (SSSR count). The van der Waals surface area contributed by atoms with Crippen molar-refractivity contribution in [1.29, 1.82) is 0 Å². The number of ether oxygens (including phenoxy) is 2. The van der Waals surface area contributed by atoms with E-state index in [0.717, 1.165) is 10.5 Å². The van der Waals surface area contributed by atoms with Crippen LogP contribution in [0.5, 0.6) is 11.5 Å². The molecule has 1 fully saturated rings. The Balaban J connectivity index is 1.66.